The number of aromatic nitrogens is 1. The Morgan fingerprint density at radius 3 is 2.49 bits per heavy atom. The van der Waals surface area contributed by atoms with Crippen LogP contribution in [0.3, 0.4) is 0 Å². The van der Waals surface area contributed by atoms with Crippen LogP contribution in [-0.2, 0) is 11.3 Å². The van der Waals surface area contributed by atoms with Crippen LogP contribution < -0.4 is 10.6 Å². The number of benzene rings is 2. The highest BCUT2D eigenvalue weighted by atomic mass is 35.5. The molecule has 2 aromatic carbocycles. The number of hydrogen-bond donors (Lipinski definition) is 4. The van der Waals surface area contributed by atoms with Crippen molar-refractivity contribution >= 4 is 46.8 Å². The number of nitrogens with one attached hydrogen (secondary N) is 2. The standard InChI is InChI=1S/C25H24ClN3O5S/c1-13(2)24-28-14(3)21(35-24)11-20(25(33)34)29-23(32)18-8-7-16(10-19(18)26)22(31)27-12-15-5-4-6-17(30)9-15/h4-11,13,30H,12H2,1-3H3,(H,27,31)(H,29,32)(H,33,34)/b20-11-. The number of phenolic OH excluding ortho intramolecular Hbond substituents is 1. The number of rotatable bonds is 8. The second-order valence-corrected chi connectivity index (χ2v) is 9.49. The summed E-state index contributed by atoms with van der Waals surface area (Å²) in [6.07, 6.45) is 1.37. The van der Waals surface area contributed by atoms with Gasteiger partial charge in [0.15, 0.2) is 0 Å². The van der Waals surface area contributed by atoms with Crippen LogP contribution in [-0.4, -0.2) is 33.0 Å². The lowest BCUT2D eigenvalue weighted by molar-refractivity contribution is -0.132. The average Bonchev–Trinajstić information content (AvgIpc) is 3.17. The van der Waals surface area contributed by atoms with E-state index >= 15 is 0 Å². The summed E-state index contributed by atoms with van der Waals surface area (Å²) in [4.78, 5) is 42.1. The van der Waals surface area contributed by atoms with E-state index in [0.717, 1.165) is 5.01 Å². The summed E-state index contributed by atoms with van der Waals surface area (Å²) < 4.78 is 0. The number of halogens is 1. The lowest BCUT2D eigenvalue weighted by Gasteiger charge is -2.10. The minimum absolute atomic E-state index is 0.00620. The fraction of sp³-hybridized carbons (Fsp3) is 0.200. The van der Waals surface area contributed by atoms with Crippen molar-refractivity contribution in [3.63, 3.8) is 0 Å². The van der Waals surface area contributed by atoms with Gasteiger partial charge in [0, 0.05) is 18.0 Å². The van der Waals surface area contributed by atoms with Gasteiger partial charge in [-0.3, -0.25) is 9.59 Å². The first-order valence-corrected chi connectivity index (χ1v) is 11.8. The Kier molecular flexibility index (Phi) is 8.26. The molecule has 0 saturated heterocycles. The van der Waals surface area contributed by atoms with Crippen molar-refractivity contribution in [1.29, 1.82) is 0 Å². The van der Waals surface area contributed by atoms with Crippen molar-refractivity contribution in [1.82, 2.24) is 15.6 Å². The second-order valence-electron chi connectivity index (χ2n) is 8.02. The van der Waals surface area contributed by atoms with E-state index in [9.17, 15) is 24.6 Å². The number of aryl methyl sites for hydroxylation is 1. The van der Waals surface area contributed by atoms with E-state index in [0.29, 0.717) is 16.1 Å². The predicted octanol–water partition coefficient (Wildman–Crippen LogP) is 4.72. The molecular weight excluding hydrogens is 490 g/mol. The second kappa shape index (κ2) is 11.2. The first-order valence-electron chi connectivity index (χ1n) is 10.6. The fourth-order valence-corrected chi connectivity index (χ4v) is 4.35. The first kappa shape index (κ1) is 25.9. The van der Waals surface area contributed by atoms with Gasteiger partial charge >= 0.3 is 5.97 Å². The van der Waals surface area contributed by atoms with Crippen LogP contribution >= 0.6 is 22.9 Å². The first-order chi connectivity index (χ1) is 16.5. The number of hydrogen-bond acceptors (Lipinski definition) is 6. The van der Waals surface area contributed by atoms with Gasteiger partial charge in [-0.25, -0.2) is 9.78 Å². The number of aromatic hydroxyl groups is 1. The Labute approximate surface area is 211 Å². The number of aliphatic carboxylic acids is 1. The van der Waals surface area contributed by atoms with E-state index < -0.39 is 17.8 Å². The quantitative estimate of drug-likeness (QED) is 0.323. The van der Waals surface area contributed by atoms with Crippen LogP contribution in [0.5, 0.6) is 5.75 Å². The minimum Gasteiger partial charge on any atom is -0.508 e. The van der Waals surface area contributed by atoms with E-state index in [1.54, 1.807) is 19.1 Å². The van der Waals surface area contributed by atoms with Gasteiger partial charge in [-0.15, -0.1) is 11.3 Å². The van der Waals surface area contributed by atoms with Gasteiger partial charge in [0.1, 0.15) is 11.4 Å². The van der Waals surface area contributed by atoms with Gasteiger partial charge in [0.05, 0.1) is 26.2 Å². The maximum Gasteiger partial charge on any atom is 0.352 e. The molecule has 10 heteroatoms. The predicted molar refractivity (Wildman–Crippen MR) is 135 cm³/mol. The average molecular weight is 514 g/mol. The van der Waals surface area contributed by atoms with E-state index in [1.807, 2.05) is 13.8 Å². The Morgan fingerprint density at radius 2 is 1.89 bits per heavy atom. The minimum atomic E-state index is -1.31. The smallest absolute Gasteiger partial charge is 0.352 e. The molecule has 0 spiro atoms. The van der Waals surface area contributed by atoms with Gasteiger partial charge < -0.3 is 20.8 Å². The van der Waals surface area contributed by atoms with E-state index in [1.165, 1.54) is 47.7 Å². The zero-order valence-corrected chi connectivity index (χ0v) is 20.8. The summed E-state index contributed by atoms with van der Waals surface area (Å²) >= 11 is 7.61. The Hall–Kier alpha value is -3.69. The number of phenols is 1. The molecule has 0 bridgehead atoms. The molecule has 0 aliphatic carbocycles. The van der Waals surface area contributed by atoms with E-state index in [4.69, 9.17) is 11.6 Å². The van der Waals surface area contributed by atoms with Gasteiger partial charge in [-0.1, -0.05) is 37.6 Å². The van der Waals surface area contributed by atoms with Crippen LogP contribution in [0.15, 0.2) is 48.2 Å². The van der Waals surface area contributed by atoms with Crippen molar-refractivity contribution in [3.05, 3.63) is 85.5 Å². The summed E-state index contributed by atoms with van der Waals surface area (Å²) in [6, 6.07) is 10.6. The van der Waals surface area contributed by atoms with Crippen LogP contribution in [0.4, 0.5) is 0 Å². The molecule has 1 aromatic heterocycles. The zero-order valence-electron chi connectivity index (χ0n) is 19.3. The molecule has 0 unspecified atom stereocenters. The van der Waals surface area contributed by atoms with Crippen molar-refractivity contribution in [2.75, 3.05) is 0 Å². The summed E-state index contributed by atoms with van der Waals surface area (Å²) in [5.74, 6) is -2.17. The molecular formula is C25H24ClN3O5S. The van der Waals surface area contributed by atoms with Crippen molar-refractivity contribution in [3.8, 4) is 5.75 Å². The van der Waals surface area contributed by atoms with Crippen LogP contribution in [0, 0.1) is 6.92 Å². The number of amides is 2. The zero-order chi connectivity index (χ0) is 25.7. The van der Waals surface area contributed by atoms with Crippen molar-refractivity contribution in [2.45, 2.75) is 33.2 Å². The van der Waals surface area contributed by atoms with Crippen LogP contribution in [0.25, 0.3) is 6.08 Å². The number of carbonyl (C=O) groups is 3. The molecule has 3 rings (SSSR count). The summed E-state index contributed by atoms with van der Waals surface area (Å²) in [5.41, 5.74) is 1.31. The Balaban J connectivity index is 1.73. The summed E-state index contributed by atoms with van der Waals surface area (Å²) in [6.45, 7) is 5.94. The highest BCUT2D eigenvalue weighted by molar-refractivity contribution is 7.12. The van der Waals surface area contributed by atoms with Gasteiger partial charge in [0.25, 0.3) is 11.8 Å². The third-order valence-corrected chi connectivity index (χ3v) is 6.65. The molecule has 35 heavy (non-hydrogen) atoms. The monoisotopic (exact) mass is 513 g/mol. The lowest BCUT2D eigenvalue weighted by Crippen LogP contribution is -2.28. The van der Waals surface area contributed by atoms with Crippen molar-refractivity contribution in [2.24, 2.45) is 0 Å². The number of carbonyl (C=O) groups excluding carboxylic acids is 2. The highest BCUT2D eigenvalue weighted by Crippen LogP contribution is 2.26. The number of thiazole rings is 1. The molecule has 0 aliphatic heterocycles. The molecule has 2 amide bonds. The third-order valence-electron chi connectivity index (χ3n) is 4.94. The normalized spacial score (nSPS) is 11.4. The SMILES string of the molecule is Cc1nc(C(C)C)sc1/C=C(\NC(=O)c1ccc(C(=O)NCc2cccc(O)c2)cc1Cl)C(=O)O. The highest BCUT2D eigenvalue weighted by Gasteiger charge is 2.19. The lowest BCUT2D eigenvalue weighted by atomic mass is 10.1. The van der Waals surface area contributed by atoms with Crippen LogP contribution in [0.1, 0.15) is 61.6 Å². The molecule has 0 atom stereocenters. The molecule has 3 aromatic rings. The number of carboxylic acids is 1. The largest absolute Gasteiger partial charge is 0.508 e. The molecule has 4 N–H and O–H groups in total. The molecule has 0 aliphatic rings. The Bertz CT molecular complexity index is 1320. The molecule has 0 fully saturated rings. The summed E-state index contributed by atoms with van der Waals surface area (Å²) in [5, 5.41) is 25.1. The summed E-state index contributed by atoms with van der Waals surface area (Å²) in [7, 11) is 0. The van der Waals surface area contributed by atoms with Gasteiger partial charge in [-0.2, -0.15) is 0 Å². The van der Waals surface area contributed by atoms with Gasteiger partial charge in [-0.05, 0) is 48.9 Å². The molecule has 1 heterocycles. The maximum atomic E-state index is 12.8. The molecule has 0 radical (unpaired) electrons. The van der Waals surface area contributed by atoms with E-state index in [2.05, 4.69) is 15.6 Å². The topological polar surface area (TPSA) is 129 Å². The third kappa shape index (κ3) is 6.68. The maximum absolute atomic E-state index is 12.8. The van der Waals surface area contributed by atoms with Gasteiger partial charge in [0.2, 0.25) is 0 Å². The number of nitrogens with zero attached hydrogens (tertiary/aromatic N) is 1. The Morgan fingerprint density at radius 1 is 1.14 bits per heavy atom. The fourth-order valence-electron chi connectivity index (χ4n) is 3.07. The molecule has 0 saturated carbocycles. The van der Waals surface area contributed by atoms with Crippen molar-refractivity contribution < 1.29 is 24.6 Å². The molecule has 182 valence electrons. The number of carboxylic acid groups (broad SMARTS) is 1. The van der Waals surface area contributed by atoms with Crippen LogP contribution in [0.2, 0.25) is 5.02 Å². The van der Waals surface area contributed by atoms with E-state index in [-0.39, 0.29) is 40.1 Å². The molecule has 8 nitrogen and oxygen atoms in total.